The molecule has 4 amide bonds. The summed E-state index contributed by atoms with van der Waals surface area (Å²) >= 11 is 12.6. The van der Waals surface area contributed by atoms with Gasteiger partial charge in [-0.15, -0.1) is 0 Å². The molecule has 3 aliphatic rings. The third-order valence-corrected chi connectivity index (χ3v) is 9.02. The maximum atomic E-state index is 15.6. The number of nitrogens with zero attached hydrogens (tertiary/aromatic N) is 2. The molecule has 3 aliphatic heterocycles. The lowest BCUT2D eigenvalue weighted by Gasteiger charge is -2.38. The lowest BCUT2D eigenvalue weighted by molar-refractivity contribution is -0.129. The molecule has 0 aromatic heterocycles. The van der Waals surface area contributed by atoms with Crippen LogP contribution in [0.5, 0.6) is 0 Å². The van der Waals surface area contributed by atoms with Crippen LogP contribution < -0.4 is 15.5 Å². The van der Waals surface area contributed by atoms with E-state index in [1.54, 1.807) is 35.2 Å². The van der Waals surface area contributed by atoms with Crippen molar-refractivity contribution in [2.45, 2.75) is 64.5 Å². The van der Waals surface area contributed by atoms with Crippen LogP contribution in [-0.4, -0.2) is 48.4 Å². The van der Waals surface area contributed by atoms with Crippen molar-refractivity contribution in [3.63, 3.8) is 0 Å². The number of urea groups is 1. The number of benzene rings is 2. The van der Waals surface area contributed by atoms with Crippen molar-refractivity contribution >= 4 is 46.7 Å². The highest BCUT2D eigenvalue weighted by molar-refractivity contribution is 6.32. The molecule has 3 heterocycles. The van der Waals surface area contributed by atoms with Crippen LogP contribution >= 0.6 is 23.2 Å². The van der Waals surface area contributed by atoms with Gasteiger partial charge in [0.05, 0.1) is 16.8 Å². The van der Waals surface area contributed by atoms with Crippen molar-refractivity contribution < 1.29 is 18.8 Å². The van der Waals surface area contributed by atoms with Gasteiger partial charge in [0.2, 0.25) is 11.8 Å². The fourth-order valence-corrected chi connectivity index (χ4v) is 7.14. The van der Waals surface area contributed by atoms with Crippen molar-refractivity contribution in [3.05, 3.63) is 63.4 Å². The van der Waals surface area contributed by atoms with Crippen molar-refractivity contribution in [3.8, 4) is 0 Å². The average Bonchev–Trinajstić information content (AvgIpc) is 3.35. The second-order valence-corrected chi connectivity index (χ2v) is 13.2. The van der Waals surface area contributed by atoms with Gasteiger partial charge in [0, 0.05) is 43.2 Å². The van der Waals surface area contributed by atoms with Gasteiger partial charge >= 0.3 is 6.03 Å². The number of hydrogen-bond donors (Lipinski definition) is 2. The van der Waals surface area contributed by atoms with E-state index in [1.807, 2.05) is 0 Å². The van der Waals surface area contributed by atoms with Crippen LogP contribution in [0.4, 0.5) is 14.9 Å². The van der Waals surface area contributed by atoms with E-state index in [0.717, 1.165) is 0 Å². The van der Waals surface area contributed by atoms with E-state index >= 15 is 4.39 Å². The van der Waals surface area contributed by atoms with Crippen LogP contribution in [0.1, 0.15) is 64.1 Å². The van der Waals surface area contributed by atoms with E-state index < -0.39 is 29.2 Å². The summed E-state index contributed by atoms with van der Waals surface area (Å²) in [5.41, 5.74) is -0.0575. The minimum Gasteiger partial charge on any atom is -0.343 e. The van der Waals surface area contributed by atoms with Crippen molar-refractivity contribution in [1.29, 1.82) is 0 Å². The monoisotopic (exact) mass is 588 g/mol. The molecule has 3 atom stereocenters. The van der Waals surface area contributed by atoms with Crippen LogP contribution in [0.15, 0.2) is 36.4 Å². The molecule has 0 radical (unpaired) electrons. The van der Waals surface area contributed by atoms with Crippen molar-refractivity contribution in [1.82, 2.24) is 15.5 Å². The normalized spacial score (nSPS) is 25.0. The molecule has 214 valence electrons. The minimum atomic E-state index is -1.26. The summed E-state index contributed by atoms with van der Waals surface area (Å²) in [6.45, 7) is 9.38. The summed E-state index contributed by atoms with van der Waals surface area (Å²) in [6.07, 6.45) is 1.84. The summed E-state index contributed by atoms with van der Waals surface area (Å²) in [5.74, 6) is -1.23. The van der Waals surface area contributed by atoms with Gasteiger partial charge in [-0.2, -0.15) is 0 Å². The van der Waals surface area contributed by atoms with E-state index in [0.29, 0.717) is 55.2 Å². The lowest BCUT2D eigenvalue weighted by atomic mass is 9.63. The van der Waals surface area contributed by atoms with Gasteiger partial charge in [0.15, 0.2) is 0 Å². The number of rotatable bonds is 3. The predicted molar refractivity (Wildman–Crippen MR) is 154 cm³/mol. The van der Waals surface area contributed by atoms with E-state index in [-0.39, 0.29) is 33.9 Å². The van der Waals surface area contributed by atoms with Gasteiger partial charge in [0.25, 0.3) is 0 Å². The highest BCUT2D eigenvalue weighted by Gasteiger charge is 2.65. The molecule has 40 heavy (non-hydrogen) atoms. The number of imide groups is 1. The number of likely N-dealkylation sites (tertiary alicyclic amines) is 1. The zero-order valence-corrected chi connectivity index (χ0v) is 24.7. The van der Waals surface area contributed by atoms with Gasteiger partial charge in [-0.1, -0.05) is 62.2 Å². The highest BCUT2D eigenvalue weighted by Crippen LogP contribution is 2.58. The molecule has 2 fully saturated rings. The first-order valence-corrected chi connectivity index (χ1v) is 14.5. The Kier molecular flexibility index (Phi) is 7.66. The molecule has 0 saturated carbocycles. The van der Waals surface area contributed by atoms with E-state index in [4.69, 9.17) is 23.2 Å². The second-order valence-electron chi connectivity index (χ2n) is 12.3. The molecule has 1 spiro atoms. The fraction of sp³-hybridized carbons (Fsp3) is 0.500. The zero-order valence-electron chi connectivity index (χ0n) is 23.2. The average molecular weight is 590 g/mol. The number of halogens is 3. The molecule has 0 bridgehead atoms. The van der Waals surface area contributed by atoms with Gasteiger partial charge < -0.3 is 15.5 Å². The van der Waals surface area contributed by atoms with Gasteiger partial charge in [-0.25, -0.2) is 14.1 Å². The Morgan fingerprint density at radius 1 is 1.15 bits per heavy atom. The maximum Gasteiger partial charge on any atom is 0.329 e. The van der Waals surface area contributed by atoms with Crippen LogP contribution in [0.25, 0.3) is 0 Å². The van der Waals surface area contributed by atoms with Gasteiger partial charge in [0.1, 0.15) is 11.2 Å². The van der Waals surface area contributed by atoms with E-state index in [9.17, 15) is 14.4 Å². The first kappa shape index (κ1) is 28.8. The standard InChI is InChI=1S/C30H35Cl2FN4O3/c1-17(38)36-12-10-20(11-13-36)35-28(40)37-24-14-19(31)8-9-22(24)30(27(37)39)18(15-29(2,3)4)16-34-26(30)21-6-5-7-23(32)25(21)33/h5-9,14,18,20,26,34H,10-13,15-16H2,1-4H3,(H,35,40)/t18-,26-,30+/m1/s1. The molecular weight excluding hydrogens is 554 g/mol. The fourth-order valence-electron chi connectivity index (χ4n) is 6.79. The summed E-state index contributed by atoms with van der Waals surface area (Å²) in [5, 5.41) is 6.83. The maximum absolute atomic E-state index is 15.6. The first-order valence-electron chi connectivity index (χ1n) is 13.7. The van der Waals surface area contributed by atoms with Crippen LogP contribution in [0, 0.1) is 17.2 Å². The second kappa shape index (κ2) is 10.6. The minimum absolute atomic E-state index is 0.00270. The quantitative estimate of drug-likeness (QED) is 0.472. The molecule has 2 aromatic rings. The highest BCUT2D eigenvalue weighted by atomic mass is 35.5. The molecule has 5 rings (SSSR count). The van der Waals surface area contributed by atoms with E-state index in [2.05, 4.69) is 31.4 Å². The molecule has 2 N–H and O–H groups in total. The Morgan fingerprint density at radius 2 is 1.85 bits per heavy atom. The number of carbonyl (C=O) groups excluding carboxylic acids is 3. The molecule has 7 nitrogen and oxygen atoms in total. The van der Waals surface area contributed by atoms with Crippen LogP contribution in [-0.2, 0) is 15.0 Å². The molecule has 0 aliphatic carbocycles. The SMILES string of the molecule is CC(=O)N1CCC(NC(=O)N2C(=O)[C@]3(c4ccc(Cl)cc42)[C@H](CC(C)(C)C)CN[C@@H]3c2cccc(Cl)c2F)CC1. The van der Waals surface area contributed by atoms with Crippen LogP contribution in [0.3, 0.4) is 0 Å². The van der Waals surface area contributed by atoms with Crippen molar-refractivity contribution in [2.75, 3.05) is 24.5 Å². The number of hydrogen-bond acceptors (Lipinski definition) is 4. The topological polar surface area (TPSA) is 81.8 Å². The third kappa shape index (κ3) is 4.88. The largest absolute Gasteiger partial charge is 0.343 e. The number of carbonyl (C=O) groups is 3. The number of amides is 4. The Hall–Kier alpha value is -2.68. The van der Waals surface area contributed by atoms with Gasteiger partial charge in [-0.3, -0.25) is 9.59 Å². The summed E-state index contributed by atoms with van der Waals surface area (Å²) in [7, 11) is 0. The molecule has 0 unspecified atom stereocenters. The summed E-state index contributed by atoms with van der Waals surface area (Å²) in [4.78, 5) is 43.3. The predicted octanol–water partition coefficient (Wildman–Crippen LogP) is 5.83. The smallest absolute Gasteiger partial charge is 0.329 e. The molecule has 2 aromatic carbocycles. The zero-order chi connectivity index (χ0) is 29.0. The molecule has 2 saturated heterocycles. The lowest BCUT2D eigenvalue weighted by Crippen LogP contribution is -2.54. The third-order valence-electron chi connectivity index (χ3n) is 8.49. The van der Waals surface area contributed by atoms with E-state index in [1.165, 1.54) is 17.9 Å². The number of nitrogens with one attached hydrogen (secondary N) is 2. The number of fused-ring (bicyclic) bond motifs is 2. The molecular formula is C30H35Cl2FN4O3. The van der Waals surface area contributed by atoms with Crippen molar-refractivity contribution in [2.24, 2.45) is 11.3 Å². The Balaban J connectivity index is 1.59. The Bertz CT molecular complexity index is 1350. The van der Waals surface area contributed by atoms with Gasteiger partial charge in [-0.05, 0) is 54.4 Å². The Morgan fingerprint density at radius 3 is 2.50 bits per heavy atom. The first-order chi connectivity index (χ1) is 18.8. The summed E-state index contributed by atoms with van der Waals surface area (Å²) in [6, 6.07) is 8.47. The van der Waals surface area contributed by atoms with Crippen LogP contribution in [0.2, 0.25) is 10.0 Å². The number of anilines is 1. The summed E-state index contributed by atoms with van der Waals surface area (Å²) < 4.78 is 15.6. The molecule has 10 heteroatoms. The number of piperidine rings is 1. The Labute approximate surface area is 244 Å².